The average Bonchev–Trinajstić information content (AvgIpc) is 2.92. The number of nitrogens with zero attached hydrogens (tertiary/aromatic N) is 3. The van der Waals surface area contributed by atoms with Crippen molar-refractivity contribution in [1.29, 1.82) is 0 Å². The Balaban J connectivity index is 2.28. The van der Waals surface area contributed by atoms with Crippen LogP contribution in [0.5, 0.6) is 0 Å². The van der Waals surface area contributed by atoms with Gasteiger partial charge >= 0.3 is 0 Å². The maximum absolute atomic E-state index is 6.07. The minimum absolute atomic E-state index is 0.125. The van der Waals surface area contributed by atoms with E-state index < -0.39 is 0 Å². The molecule has 2 aromatic heterocycles. The van der Waals surface area contributed by atoms with E-state index in [4.69, 9.17) is 5.73 Å². The van der Waals surface area contributed by atoms with E-state index in [0.717, 1.165) is 17.1 Å². The summed E-state index contributed by atoms with van der Waals surface area (Å²) in [6.45, 7) is 8.15. The van der Waals surface area contributed by atoms with E-state index in [1.54, 1.807) is 6.20 Å². The van der Waals surface area contributed by atoms with E-state index in [0.29, 0.717) is 5.69 Å². The zero-order valence-electron chi connectivity index (χ0n) is 11.2. The van der Waals surface area contributed by atoms with Crippen molar-refractivity contribution in [3.63, 3.8) is 0 Å². The summed E-state index contributed by atoms with van der Waals surface area (Å²) in [5.74, 6) is 0.871. The first kappa shape index (κ1) is 12.5. The lowest BCUT2D eigenvalue weighted by atomic mass is 10.2. The molecule has 0 fully saturated rings. The Bertz CT molecular complexity index is 511. The number of aryl methyl sites for hydroxylation is 1. The molecule has 0 saturated carbocycles. The van der Waals surface area contributed by atoms with Gasteiger partial charge in [-0.05, 0) is 27.7 Å². The summed E-state index contributed by atoms with van der Waals surface area (Å²) < 4.78 is 1.92. The van der Waals surface area contributed by atoms with Crippen molar-refractivity contribution in [1.82, 2.24) is 20.0 Å². The van der Waals surface area contributed by atoms with Crippen molar-refractivity contribution < 1.29 is 0 Å². The van der Waals surface area contributed by atoms with Gasteiger partial charge in [0.1, 0.15) is 5.82 Å². The fourth-order valence-electron chi connectivity index (χ4n) is 1.86. The van der Waals surface area contributed by atoms with Crippen LogP contribution in [0.2, 0.25) is 0 Å². The number of hydrogen-bond acceptors (Lipinski definition) is 4. The summed E-state index contributed by atoms with van der Waals surface area (Å²) in [6.07, 6.45) is 3.67. The van der Waals surface area contributed by atoms with Crippen molar-refractivity contribution >= 4 is 11.5 Å². The first-order valence-electron chi connectivity index (χ1n) is 6.10. The number of anilines is 2. The lowest BCUT2D eigenvalue weighted by molar-refractivity contribution is 0.532. The molecule has 2 aromatic rings. The van der Waals surface area contributed by atoms with Gasteiger partial charge in [-0.15, -0.1) is 0 Å². The number of nitrogens with two attached hydrogens (primary N) is 1. The van der Waals surface area contributed by atoms with Gasteiger partial charge in [0.05, 0.1) is 23.6 Å². The molecule has 6 heteroatoms. The van der Waals surface area contributed by atoms with Crippen molar-refractivity contribution in [2.24, 2.45) is 0 Å². The molecule has 1 atom stereocenters. The Morgan fingerprint density at radius 1 is 1.39 bits per heavy atom. The van der Waals surface area contributed by atoms with Crippen LogP contribution in [0.1, 0.15) is 44.1 Å². The molecule has 2 heterocycles. The fourth-order valence-corrected chi connectivity index (χ4v) is 1.86. The second kappa shape index (κ2) is 4.72. The molecule has 0 aromatic carbocycles. The predicted molar refractivity (Wildman–Crippen MR) is 72.4 cm³/mol. The third kappa shape index (κ3) is 2.18. The Labute approximate surface area is 107 Å². The van der Waals surface area contributed by atoms with Crippen molar-refractivity contribution in [3.8, 4) is 0 Å². The molecule has 98 valence electrons. The van der Waals surface area contributed by atoms with Gasteiger partial charge in [-0.2, -0.15) is 10.2 Å². The summed E-state index contributed by atoms with van der Waals surface area (Å²) in [4.78, 5) is 0. The van der Waals surface area contributed by atoms with Gasteiger partial charge in [0, 0.05) is 17.8 Å². The molecule has 0 radical (unpaired) electrons. The summed E-state index contributed by atoms with van der Waals surface area (Å²) in [5.41, 5.74) is 8.72. The van der Waals surface area contributed by atoms with Gasteiger partial charge in [0.25, 0.3) is 0 Å². The molecule has 0 bridgehead atoms. The monoisotopic (exact) mass is 248 g/mol. The van der Waals surface area contributed by atoms with E-state index in [9.17, 15) is 0 Å². The van der Waals surface area contributed by atoms with Gasteiger partial charge in [-0.25, -0.2) is 4.68 Å². The quantitative estimate of drug-likeness (QED) is 0.774. The zero-order valence-corrected chi connectivity index (χ0v) is 11.2. The van der Waals surface area contributed by atoms with Crippen LogP contribution in [0.15, 0.2) is 12.4 Å². The van der Waals surface area contributed by atoms with Crippen molar-refractivity contribution in [2.45, 2.75) is 39.8 Å². The van der Waals surface area contributed by atoms with E-state index in [2.05, 4.69) is 41.4 Å². The minimum atomic E-state index is 0.125. The van der Waals surface area contributed by atoms with Gasteiger partial charge in [0.15, 0.2) is 0 Å². The highest BCUT2D eigenvalue weighted by Crippen LogP contribution is 2.28. The maximum atomic E-state index is 6.07. The standard InChI is InChI=1S/C12H20N6/c1-7(2)18-12(11(13)9(4)17-18)16-8(3)10-5-14-15-6-10/h5-8,16H,13H2,1-4H3,(H,14,15). The van der Waals surface area contributed by atoms with Crippen molar-refractivity contribution in [3.05, 3.63) is 23.7 Å². The Kier molecular flexibility index (Phi) is 3.27. The Morgan fingerprint density at radius 2 is 2.11 bits per heavy atom. The van der Waals surface area contributed by atoms with Crippen LogP contribution in [0.25, 0.3) is 0 Å². The Morgan fingerprint density at radius 3 is 2.67 bits per heavy atom. The first-order valence-corrected chi connectivity index (χ1v) is 6.10. The summed E-state index contributed by atoms with van der Waals surface area (Å²) in [5, 5.41) is 14.6. The van der Waals surface area contributed by atoms with Gasteiger partial charge < -0.3 is 11.1 Å². The molecular formula is C12H20N6. The highest BCUT2D eigenvalue weighted by Gasteiger charge is 2.17. The van der Waals surface area contributed by atoms with E-state index in [1.807, 2.05) is 17.8 Å². The largest absolute Gasteiger partial charge is 0.394 e. The molecule has 2 rings (SSSR count). The van der Waals surface area contributed by atoms with Gasteiger partial charge in [0.2, 0.25) is 0 Å². The summed E-state index contributed by atoms with van der Waals surface area (Å²) in [6, 6.07) is 0.389. The van der Waals surface area contributed by atoms with Crippen LogP contribution in [0.4, 0.5) is 11.5 Å². The SMILES string of the molecule is Cc1nn(C(C)C)c(NC(C)c2cn[nH]c2)c1N. The lowest BCUT2D eigenvalue weighted by Gasteiger charge is -2.17. The van der Waals surface area contributed by atoms with Crippen LogP contribution in [-0.2, 0) is 0 Å². The zero-order chi connectivity index (χ0) is 13.3. The highest BCUT2D eigenvalue weighted by atomic mass is 15.4. The fraction of sp³-hybridized carbons (Fsp3) is 0.500. The van der Waals surface area contributed by atoms with Crippen molar-refractivity contribution in [2.75, 3.05) is 11.1 Å². The second-order valence-electron chi connectivity index (χ2n) is 4.78. The first-order chi connectivity index (χ1) is 8.50. The molecule has 0 amide bonds. The number of H-pyrrole nitrogens is 1. The molecule has 0 aliphatic carbocycles. The van der Waals surface area contributed by atoms with Crippen LogP contribution in [-0.4, -0.2) is 20.0 Å². The number of nitrogens with one attached hydrogen (secondary N) is 2. The second-order valence-corrected chi connectivity index (χ2v) is 4.78. The summed E-state index contributed by atoms with van der Waals surface area (Å²) in [7, 11) is 0. The topological polar surface area (TPSA) is 84.5 Å². The number of aromatic nitrogens is 4. The molecule has 6 nitrogen and oxygen atoms in total. The van der Waals surface area contributed by atoms with E-state index in [-0.39, 0.29) is 12.1 Å². The van der Waals surface area contributed by atoms with Crippen LogP contribution < -0.4 is 11.1 Å². The van der Waals surface area contributed by atoms with Gasteiger partial charge in [-0.1, -0.05) is 0 Å². The average molecular weight is 248 g/mol. The highest BCUT2D eigenvalue weighted by molar-refractivity contribution is 5.65. The van der Waals surface area contributed by atoms with Crippen LogP contribution >= 0.6 is 0 Å². The van der Waals surface area contributed by atoms with E-state index in [1.165, 1.54) is 0 Å². The molecule has 18 heavy (non-hydrogen) atoms. The molecular weight excluding hydrogens is 228 g/mol. The number of nitrogen functional groups attached to an aromatic ring is 1. The maximum Gasteiger partial charge on any atom is 0.148 e. The molecule has 1 unspecified atom stereocenters. The van der Waals surface area contributed by atoms with E-state index >= 15 is 0 Å². The smallest absolute Gasteiger partial charge is 0.148 e. The normalized spacial score (nSPS) is 12.9. The molecule has 4 N–H and O–H groups in total. The summed E-state index contributed by atoms with van der Waals surface area (Å²) >= 11 is 0. The predicted octanol–water partition coefficient (Wildman–Crippen LogP) is 2.25. The number of hydrogen-bond donors (Lipinski definition) is 3. The Hall–Kier alpha value is -1.98. The third-order valence-corrected chi connectivity index (χ3v) is 2.99. The number of aromatic amines is 1. The third-order valence-electron chi connectivity index (χ3n) is 2.99. The molecule has 0 spiro atoms. The number of rotatable bonds is 4. The molecule has 0 aliphatic rings. The van der Waals surface area contributed by atoms with Crippen LogP contribution in [0, 0.1) is 6.92 Å². The molecule has 0 saturated heterocycles. The van der Waals surface area contributed by atoms with Gasteiger partial charge in [-0.3, -0.25) is 5.10 Å². The minimum Gasteiger partial charge on any atom is -0.394 e. The lowest BCUT2D eigenvalue weighted by Crippen LogP contribution is -2.13. The molecule has 0 aliphatic heterocycles. The van der Waals surface area contributed by atoms with Crippen LogP contribution in [0.3, 0.4) is 0 Å².